The van der Waals surface area contributed by atoms with Gasteiger partial charge in [0.1, 0.15) is 0 Å². The number of thioether (sulfide) groups is 1. The molecule has 0 aromatic heterocycles. The molecular weight excluding hydrogens is 202 g/mol. The number of hydrogen-bond acceptors (Lipinski definition) is 4. The van der Waals surface area contributed by atoms with Gasteiger partial charge in [0.05, 0.1) is 6.10 Å². The summed E-state index contributed by atoms with van der Waals surface area (Å²) in [5, 5.41) is 8.69. The van der Waals surface area contributed by atoms with E-state index in [-0.39, 0.29) is 12.1 Å². The zero-order valence-corrected chi connectivity index (χ0v) is 9.13. The van der Waals surface area contributed by atoms with Crippen LogP contribution in [0.4, 0.5) is 0 Å². The lowest BCUT2D eigenvalue weighted by Gasteiger charge is -2.11. The van der Waals surface area contributed by atoms with Gasteiger partial charge in [0.25, 0.3) is 0 Å². The largest absolute Gasteiger partial charge is 0.479 e. The van der Waals surface area contributed by atoms with Gasteiger partial charge in [0.2, 0.25) is 0 Å². The number of carbonyl (C=O) groups is 1. The summed E-state index contributed by atoms with van der Waals surface area (Å²) < 4.78 is 5.34. The molecule has 0 radical (unpaired) electrons. The Balaban J connectivity index is 2.13. The van der Waals surface area contributed by atoms with E-state index in [0.29, 0.717) is 6.42 Å². The summed E-state index contributed by atoms with van der Waals surface area (Å²) in [5.41, 5.74) is 5.60. The SMILES string of the molecule is CC(N)CSCC1CCC(C(=O)O)O1. The van der Waals surface area contributed by atoms with Gasteiger partial charge >= 0.3 is 5.97 Å². The van der Waals surface area contributed by atoms with Crippen LogP contribution in [0.3, 0.4) is 0 Å². The Bertz CT molecular complexity index is 198. The average Bonchev–Trinajstić information content (AvgIpc) is 2.52. The van der Waals surface area contributed by atoms with E-state index in [4.69, 9.17) is 15.6 Å². The van der Waals surface area contributed by atoms with Crippen LogP contribution in [0.2, 0.25) is 0 Å². The Hall–Kier alpha value is -0.260. The molecule has 4 nitrogen and oxygen atoms in total. The average molecular weight is 219 g/mol. The second-order valence-electron chi connectivity index (χ2n) is 3.68. The fraction of sp³-hybridized carbons (Fsp3) is 0.889. The van der Waals surface area contributed by atoms with Crippen molar-refractivity contribution in [3.8, 4) is 0 Å². The first-order valence-electron chi connectivity index (χ1n) is 4.81. The lowest BCUT2D eigenvalue weighted by molar-refractivity contribution is -0.148. The molecule has 1 rings (SSSR count). The highest BCUT2D eigenvalue weighted by Gasteiger charge is 2.30. The maximum absolute atomic E-state index is 10.6. The van der Waals surface area contributed by atoms with Gasteiger partial charge in [0.15, 0.2) is 6.10 Å². The Labute approximate surface area is 88.2 Å². The van der Waals surface area contributed by atoms with E-state index in [2.05, 4.69) is 0 Å². The van der Waals surface area contributed by atoms with Crippen LogP contribution in [0, 0.1) is 0 Å². The zero-order chi connectivity index (χ0) is 10.6. The van der Waals surface area contributed by atoms with Crippen molar-refractivity contribution < 1.29 is 14.6 Å². The van der Waals surface area contributed by atoms with Gasteiger partial charge in [-0.25, -0.2) is 4.79 Å². The van der Waals surface area contributed by atoms with E-state index in [1.165, 1.54) is 0 Å². The molecule has 3 atom stereocenters. The van der Waals surface area contributed by atoms with Crippen LogP contribution in [0.15, 0.2) is 0 Å². The summed E-state index contributed by atoms with van der Waals surface area (Å²) in [5.74, 6) is 0.910. The minimum absolute atomic E-state index is 0.0971. The van der Waals surface area contributed by atoms with E-state index < -0.39 is 12.1 Å². The lowest BCUT2D eigenvalue weighted by atomic mass is 10.2. The van der Waals surface area contributed by atoms with E-state index in [1.807, 2.05) is 6.92 Å². The number of carboxylic acids is 1. The molecule has 1 fully saturated rings. The first kappa shape index (κ1) is 11.8. The van der Waals surface area contributed by atoms with Crippen LogP contribution < -0.4 is 5.73 Å². The minimum atomic E-state index is -0.843. The number of rotatable bonds is 5. The number of hydrogen-bond donors (Lipinski definition) is 2. The lowest BCUT2D eigenvalue weighted by Crippen LogP contribution is -2.22. The van der Waals surface area contributed by atoms with Crippen LogP contribution >= 0.6 is 11.8 Å². The maximum Gasteiger partial charge on any atom is 0.332 e. The van der Waals surface area contributed by atoms with Crippen molar-refractivity contribution in [2.45, 2.75) is 38.0 Å². The molecular formula is C9H17NO3S. The molecule has 1 aliphatic heterocycles. The van der Waals surface area contributed by atoms with Crippen molar-refractivity contribution in [2.24, 2.45) is 5.73 Å². The molecule has 1 saturated heterocycles. The fourth-order valence-electron chi connectivity index (χ4n) is 1.40. The number of carboxylic acid groups (broad SMARTS) is 1. The molecule has 3 N–H and O–H groups in total. The maximum atomic E-state index is 10.6. The predicted octanol–water partition coefficient (Wildman–Crippen LogP) is 0.699. The van der Waals surface area contributed by atoms with Gasteiger partial charge in [-0.1, -0.05) is 0 Å². The Kier molecular flexibility index (Phi) is 4.71. The second-order valence-corrected chi connectivity index (χ2v) is 4.75. The van der Waals surface area contributed by atoms with Crippen LogP contribution in [-0.2, 0) is 9.53 Å². The molecule has 5 heteroatoms. The molecule has 0 aromatic carbocycles. The number of nitrogens with two attached hydrogens (primary N) is 1. The van der Waals surface area contributed by atoms with Gasteiger partial charge in [-0.05, 0) is 19.8 Å². The van der Waals surface area contributed by atoms with Crippen LogP contribution in [0.25, 0.3) is 0 Å². The summed E-state index contributed by atoms with van der Waals surface area (Å²) in [6.45, 7) is 1.96. The summed E-state index contributed by atoms with van der Waals surface area (Å²) in [6, 6.07) is 0.191. The predicted molar refractivity (Wildman–Crippen MR) is 56.5 cm³/mol. The third kappa shape index (κ3) is 3.86. The monoisotopic (exact) mass is 219 g/mol. The van der Waals surface area contributed by atoms with Crippen molar-refractivity contribution >= 4 is 17.7 Å². The van der Waals surface area contributed by atoms with E-state index in [0.717, 1.165) is 17.9 Å². The molecule has 0 aromatic rings. The molecule has 0 spiro atoms. The molecule has 1 heterocycles. The number of ether oxygens (including phenoxy) is 1. The molecule has 0 bridgehead atoms. The van der Waals surface area contributed by atoms with Crippen LogP contribution in [0.5, 0.6) is 0 Å². The van der Waals surface area contributed by atoms with Gasteiger partial charge in [-0.15, -0.1) is 0 Å². The first-order chi connectivity index (χ1) is 6.59. The van der Waals surface area contributed by atoms with Crippen molar-refractivity contribution in [1.82, 2.24) is 0 Å². The molecule has 1 aliphatic rings. The molecule has 0 aliphatic carbocycles. The smallest absolute Gasteiger partial charge is 0.332 e. The van der Waals surface area contributed by atoms with Crippen molar-refractivity contribution in [3.63, 3.8) is 0 Å². The van der Waals surface area contributed by atoms with Gasteiger partial charge in [0, 0.05) is 17.5 Å². The van der Waals surface area contributed by atoms with E-state index in [9.17, 15) is 4.79 Å². The van der Waals surface area contributed by atoms with Crippen LogP contribution in [0.1, 0.15) is 19.8 Å². The summed E-state index contributed by atoms with van der Waals surface area (Å²) in [4.78, 5) is 10.6. The summed E-state index contributed by atoms with van der Waals surface area (Å²) in [6.07, 6.45) is 0.998. The molecule has 82 valence electrons. The molecule has 0 amide bonds. The highest BCUT2D eigenvalue weighted by atomic mass is 32.2. The highest BCUT2D eigenvalue weighted by molar-refractivity contribution is 7.99. The molecule has 0 saturated carbocycles. The standard InChI is InChI=1S/C9H17NO3S/c1-6(10)4-14-5-7-2-3-8(13-7)9(11)12/h6-8H,2-5,10H2,1H3,(H,11,12). The van der Waals surface area contributed by atoms with Crippen molar-refractivity contribution in [2.75, 3.05) is 11.5 Å². The summed E-state index contributed by atoms with van der Waals surface area (Å²) in [7, 11) is 0. The topological polar surface area (TPSA) is 72.6 Å². The minimum Gasteiger partial charge on any atom is -0.479 e. The van der Waals surface area contributed by atoms with Gasteiger partial charge < -0.3 is 15.6 Å². The zero-order valence-electron chi connectivity index (χ0n) is 8.31. The Morgan fingerprint density at radius 1 is 1.71 bits per heavy atom. The summed E-state index contributed by atoms with van der Waals surface area (Å²) >= 11 is 1.73. The first-order valence-corrected chi connectivity index (χ1v) is 5.96. The van der Waals surface area contributed by atoms with E-state index >= 15 is 0 Å². The second kappa shape index (κ2) is 5.58. The molecule has 14 heavy (non-hydrogen) atoms. The van der Waals surface area contributed by atoms with E-state index in [1.54, 1.807) is 11.8 Å². The number of aliphatic carboxylic acids is 1. The van der Waals surface area contributed by atoms with Crippen molar-refractivity contribution in [3.05, 3.63) is 0 Å². The Morgan fingerprint density at radius 3 is 2.93 bits per heavy atom. The van der Waals surface area contributed by atoms with Gasteiger partial charge in [-0.3, -0.25) is 0 Å². The quantitative estimate of drug-likeness (QED) is 0.712. The Morgan fingerprint density at radius 2 is 2.43 bits per heavy atom. The molecule has 3 unspecified atom stereocenters. The van der Waals surface area contributed by atoms with Crippen molar-refractivity contribution in [1.29, 1.82) is 0 Å². The normalized spacial score (nSPS) is 29.0. The fourth-order valence-corrected chi connectivity index (χ4v) is 2.41. The third-order valence-corrected chi connectivity index (χ3v) is 3.44. The third-order valence-electron chi connectivity index (χ3n) is 2.07. The van der Waals surface area contributed by atoms with Crippen LogP contribution in [-0.4, -0.2) is 40.8 Å². The van der Waals surface area contributed by atoms with Gasteiger partial charge in [-0.2, -0.15) is 11.8 Å². The highest BCUT2D eigenvalue weighted by Crippen LogP contribution is 2.22.